The molecule has 0 saturated carbocycles. The Labute approximate surface area is 313 Å². The van der Waals surface area contributed by atoms with E-state index in [4.69, 9.17) is 9.47 Å². The Bertz CT molecular complexity index is 2130. The summed E-state index contributed by atoms with van der Waals surface area (Å²) in [5.41, 5.74) is 7.41. The molecule has 3 heterocycles. The maximum atomic E-state index is 13.0. The van der Waals surface area contributed by atoms with Crippen molar-refractivity contribution in [1.29, 1.82) is 0 Å². The zero-order valence-corrected chi connectivity index (χ0v) is 29.6. The third-order valence-electron chi connectivity index (χ3n) is 10.5. The molecule has 2 amide bonds. The van der Waals surface area contributed by atoms with Crippen LogP contribution < -0.4 is 4.90 Å². The predicted molar refractivity (Wildman–Crippen MR) is 203 cm³/mol. The molecule has 1 N–H and O–H groups in total. The fourth-order valence-corrected chi connectivity index (χ4v) is 7.57. The molecule has 0 aromatic heterocycles. The van der Waals surface area contributed by atoms with Gasteiger partial charge in [-0.25, -0.2) is 0 Å². The number of carbonyl (C=O) groups is 2. The summed E-state index contributed by atoms with van der Waals surface area (Å²) in [6, 6.07) is 37.5. The van der Waals surface area contributed by atoms with Crippen LogP contribution in [0, 0.1) is 10.1 Å². The first-order valence-electron chi connectivity index (χ1n) is 18.2. The molecule has 11 heteroatoms. The SMILES string of the molecule is O=C1c2ccccc2C(=O)N1Cc1cccc(-c2cccc([C@H]3O[C@@H](CN4CCN(c5ccc([N+](=O)[O-])cc5)CC4)C[C@@H](c4ccc(CO)cc4)O3)c2)c1. The summed E-state index contributed by atoms with van der Waals surface area (Å²) in [6.45, 7) is 4.11. The fraction of sp³-hybridized carbons (Fsp3) is 0.256. The third kappa shape index (κ3) is 7.39. The second kappa shape index (κ2) is 15.3. The van der Waals surface area contributed by atoms with Crippen molar-refractivity contribution in [3.8, 4) is 11.1 Å². The van der Waals surface area contributed by atoms with Gasteiger partial charge in [-0.15, -0.1) is 0 Å². The molecule has 5 aromatic rings. The highest BCUT2D eigenvalue weighted by Gasteiger charge is 2.36. The number of nitrogens with zero attached hydrogens (tertiary/aromatic N) is 4. The summed E-state index contributed by atoms with van der Waals surface area (Å²) in [4.78, 5) is 42.8. The van der Waals surface area contributed by atoms with Crippen molar-refractivity contribution in [2.75, 3.05) is 37.6 Å². The maximum absolute atomic E-state index is 13.0. The number of carbonyl (C=O) groups excluding carboxylic acids is 2. The molecule has 0 unspecified atom stereocenters. The summed E-state index contributed by atoms with van der Waals surface area (Å²) < 4.78 is 13.4. The number of imide groups is 1. The van der Waals surface area contributed by atoms with Gasteiger partial charge in [-0.05, 0) is 64.2 Å². The van der Waals surface area contributed by atoms with Crippen molar-refractivity contribution in [3.63, 3.8) is 0 Å². The van der Waals surface area contributed by atoms with E-state index in [1.807, 2.05) is 78.9 Å². The largest absolute Gasteiger partial charge is 0.392 e. The highest BCUT2D eigenvalue weighted by atomic mass is 16.7. The number of non-ortho nitro benzene ring substituents is 1. The number of nitro benzene ring substituents is 1. The molecule has 0 spiro atoms. The van der Waals surface area contributed by atoms with E-state index in [0.29, 0.717) is 17.5 Å². The van der Waals surface area contributed by atoms with Crippen LogP contribution in [0.5, 0.6) is 0 Å². The van der Waals surface area contributed by atoms with Crippen molar-refractivity contribution >= 4 is 23.2 Å². The van der Waals surface area contributed by atoms with Gasteiger partial charge in [-0.2, -0.15) is 0 Å². The van der Waals surface area contributed by atoms with E-state index >= 15 is 0 Å². The molecular formula is C43H40N4O7. The Kier molecular flexibility index (Phi) is 10.0. The van der Waals surface area contributed by atoms with E-state index in [-0.39, 0.29) is 47.8 Å². The van der Waals surface area contributed by atoms with Crippen molar-refractivity contribution in [1.82, 2.24) is 9.80 Å². The Morgan fingerprint density at radius 1 is 0.704 bits per heavy atom. The zero-order valence-electron chi connectivity index (χ0n) is 29.6. The first-order chi connectivity index (χ1) is 26.3. The van der Waals surface area contributed by atoms with Crippen LogP contribution in [0.1, 0.15) is 61.8 Å². The topological polar surface area (TPSA) is 126 Å². The van der Waals surface area contributed by atoms with Crippen molar-refractivity contribution in [2.45, 2.75) is 38.1 Å². The average Bonchev–Trinajstić information content (AvgIpc) is 3.46. The van der Waals surface area contributed by atoms with Gasteiger partial charge in [0.05, 0.1) is 41.4 Å². The Morgan fingerprint density at radius 2 is 1.37 bits per heavy atom. The van der Waals surface area contributed by atoms with Gasteiger partial charge < -0.3 is 19.5 Å². The number of rotatable bonds is 10. The van der Waals surface area contributed by atoms with Crippen LogP contribution in [0.15, 0.2) is 121 Å². The van der Waals surface area contributed by atoms with E-state index in [1.54, 1.807) is 36.4 Å². The van der Waals surface area contributed by atoms with Gasteiger partial charge in [0.2, 0.25) is 0 Å². The lowest BCUT2D eigenvalue weighted by molar-refractivity contribution is -0.384. The molecule has 54 heavy (non-hydrogen) atoms. The van der Waals surface area contributed by atoms with Gasteiger partial charge in [-0.3, -0.25) is 29.5 Å². The quantitative estimate of drug-likeness (QED) is 0.0929. The Hall–Kier alpha value is -5.72. The number of aliphatic hydroxyl groups is 1. The highest BCUT2D eigenvalue weighted by molar-refractivity contribution is 6.21. The number of nitro groups is 1. The summed E-state index contributed by atoms with van der Waals surface area (Å²) in [5.74, 6) is -0.563. The number of fused-ring (bicyclic) bond motifs is 1. The first-order valence-corrected chi connectivity index (χ1v) is 18.2. The summed E-state index contributed by atoms with van der Waals surface area (Å²) in [5, 5.41) is 20.7. The second-order valence-electron chi connectivity index (χ2n) is 14.0. The van der Waals surface area contributed by atoms with Gasteiger partial charge >= 0.3 is 0 Å². The molecule has 5 aromatic carbocycles. The average molecular weight is 725 g/mol. The van der Waals surface area contributed by atoms with Gasteiger partial charge in [-0.1, -0.05) is 72.8 Å². The van der Waals surface area contributed by atoms with Crippen LogP contribution in [-0.2, 0) is 22.6 Å². The van der Waals surface area contributed by atoms with E-state index in [9.17, 15) is 24.8 Å². The Balaban J connectivity index is 0.983. The van der Waals surface area contributed by atoms with Crippen LogP contribution >= 0.6 is 0 Å². The molecule has 2 fully saturated rings. The lowest BCUT2D eigenvalue weighted by Gasteiger charge is -2.41. The lowest BCUT2D eigenvalue weighted by atomic mass is 9.98. The number of amides is 2. The third-order valence-corrected chi connectivity index (χ3v) is 10.5. The maximum Gasteiger partial charge on any atom is 0.269 e. The molecule has 2 saturated heterocycles. The first kappa shape index (κ1) is 35.3. The number of benzene rings is 5. The molecule has 3 aliphatic rings. The van der Waals surface area contributed by atoms with Crippen LogP contribution in [-0.4, -0.2) is 70.5 Å². The van der Waals surface area contributed by atoms with E-state index in [1.165, 1.54) is 4.90 Å². The van der Waals surface area contributed by atoms with Crippen LogP contribution in [0.3, 0.4) is 0 Å². The number of ether oxygens (including phenoxy) is 2. The molecule has 11 nitrogen and oxygen atoms in total. The van der Waals surface area contributed by atoms with Crippen LogP contribution in [0.25, 0.3) is 11.1 Å². The monoisotopic (exact) mass is 724 g/mol. The number of anilines is 1. The predicted octanol–water partition coefficient (Wildman–Crippen LogP) is 6.92. The highest BCUT2D eigenvalue weighted by Crippen LogP contribution is 2.39. The minimum Gasteiger partial charge on any atom is -0.392 e. The van der Waals surface area contributed by atoms with Crippen molar-refractivity contribution in [3.05, 3.63) is 165 Å². The number of aliphatic hydroxyl groups excluding tert-OH is 1. The minimum atomic E-state index is -0.630. The van der Waals surface area contributed by atoms with E-state index in [2.05, 4.69) is 15.9 Å². The summed E-state index contributed by atoms with van der Waals surface area (Å²) >= 11 is 0. The van der Waals surface area contributed by atoms with Crippen LogP contribution in [0.4, 0.5) is 11.4 Å². The summed E-state index contributed by atoms with van der Waals surface area (Å²) in [7, 11) is 0. The molecule has 0 radical (unpaired) electrons. The smallest absolute Gasteiger partial charge is 0.269 e. The normalized spacial score (nSPS) is 20.3. The van der Waals surface area contributed by atoms with Gasteiger partial charge in [0.15, 0.2) is 6.29 Å². The van der Waals surface area contributed by atoms with Crippen molar-refractivity contribution < 1.29 is 29.1 Å². The number of hydrogen-bond donors (Lipinski definition) is 1. The zero-order chi connectivity index (χ0) is 37.2. The Morgan fingerprint density at radius 3 is 2.04 bits per heavy atom. The van der Waals surface area contributed by atoms with Gasteiger partial charge in [0, 0.05) is 62.5 Å². The van der Waals surface area contributed by atoms with E-state index in [0.717, 1.165) is 71.8 Å². The number of hydrogen-bond acceptors (Lipinski definition) is 9. The van der Waals surface area contributed by atoms with Gasteiger partial charge in [0.25, 0.3) is 17.5 Å². The van der Waals surface area contributed by atoms with E-state index < -0.39 is 6.29 Å². The fourth-order valence-electron chi connectivity index (χ4n) is 7.57. The van der Waals surface area contributed by atoms with Crippen molar-refractivity contribution in [2.24, 2.45) is 0 Å². The van der Waals surface area contributed by atoms with Gasteiger partial charge in [0.1, 0.15) is 0 Å². The molecule has 274 valence electrons. The number of piperazine rings is 1. The van der Waals surface area contributed by atoms with Crippen LogP contribution in [0.2, 0.25) is 0 Å². The lowest BCUT2D eigenvalue weighted by Crippen LogP contribution is -2.49. The molecule has 8 rings (SSSR count). The standard InChI is InChI=1S/C43H40N4O7/c48-28-29-11-13-31(14-12-29)40-25-37(27-44-19-21-45(22-20-44)35-15-17-36(18-16-35)47(51)52)53-43(54-40)34-8-4-7-33(24-34)32-6-3-5-30(23-32)26-46-41(49)38-9-1-2-10-39(38)42(46)50/h1-18,23-24,37,40,43,48H,19-22,25-28H2/t37-,40+,43+/m1/s1. The molecule has 0 aliphatic carbocycles. The second-order valence-corrected chi connectivity index (χ2v) is 14.0. The molecular weight excluding hydrogens is 684 g/mol. The molecule has 3 aliphatic heterocycles. The molecule has 0 bridgehead atoms. The minimum absolute atomic E-state index is 0.0295. The molecule has 3 atom stereocenters. The summed E-state index contributed by atoms with van der Waals surface area (Å²) in [6.07, 6.45) is -0.315.